The van der Waals surface area contributed by atoms with E-state index in [0.29, 0.717) is 17.9 Å². The minimum atomic E-state index is 0.451. The van der Waals surface area contributed by atoms with Crippen molar-refractivity contribution in [1.82, 2.24) is 0 Å². The maximum absolute atomic E-state index is 9.03. The van der Waals surface area contributed by atoms with Crippen LogP contribution in [0.15, 0.2) is 54.6 Å². The SMILES string of the molecule is Cc1ccc(OC/C=C/c2ccccc2)c(C#N)c1. The van der Waals surface area contributed by atoms with Crippen LogP contribution in [0.25, 0.3) is 6.08 Å². The summed E-state index contributed by atoms with van der Waals surface area (Å²) in [7, 11) is 0. The first kappa shape index (κ1) is 12.9. The molecule has 0 aliphatic heterocycles. The molecule has 0 N–H and O–H groups in total. The van der Waals surface area contributed by atoms with Gasteiger partial charge in [0.1, 0.15) is 18.4 Å². The fourth-order valence-electron chi connectivity index (χ4n) is 1.74. The van der Waals surface area contributed by atoms with Crippen LogP contribution in [-0.4, -0.2) is 6.61 Å². The molecule has 2 nitrogen and oxygen atoms in total. The smallest absolute Gasteiger partial charge is 0.137 e. The molecule has 0 fully saturated rings. The normalized spacial score (nSPS) is 10.3. The molecule has 0 aromatic heterocycles. The van der Waals surface area contributed by atoms with Gasteiger partial charge in [0.05, 0.1) is 5.56 Å². The van der Waals surface area contributed by atoms with Gasteiger partial charge in [0.2, 0.25) is 0 Å². The average molecular weight is 249 g/mol. The lowest BCUT2D eigenvalue weighted by molar-refractivity contribution is 0.362. The second-order valence-electron chi connectivity index (χ2n) is 4.24. The Morgan fingerprint density at radius 2 is 1.95 bits per heavy atom. The highest BCUT2D eigenvalue weighted by Gasteiger charge is 2.01. The predicted molar refractivity (Wildman–Crippen MR) is 76.9 cm³/mol. The van der Waals surface area contributed by atoms with Gasteiger partial charge in [-0.25, -0.2) is 0 Å². The average Bonchev–Trinajstić information content (AvgIpc) is 2.46. The first-order valence-corrected chi connectivity index (χ1v) is 6.15. The standard InChI is InChI=1S/C17H15NO/c1-14-9-10-17(16(12-14)13-18)19-11-5-8-15-6-3-2-4-7-15/h2-10,12H,11H2,1H3/b8-5+. The molecule has 0 spiro atoms. The molecule has 0 atom stereocenters. The van der Waals surface area contributed by atoms with Gasteiger partial charge < -0.3 is 4.74 Å². The van der Waals surface area contributed by atoms with Crippen molar-refractivity contribution in [2.75, 3.05) is 6.61 Å². The largest absolute Gasteiger partial charge is 0.488 e. The van der Waals surface area contributed by atoms with E-state index in [0.717, 1.165) is 11.1 Å². The topological polar surface area (TPSA) is 33.0 Å². The summed E-state index contributed by atoms with van der Waals surface area (Å²) < 4.78 is 5.60. The van der Waals surface area contributed by atoms with Gasteiger partial charge in [-0.1, -0.05) is 42.5 Å². The Hall–Kier alpha value is -2.53. The molecular formula is C17H15NO. The molecule has 0 aliphatic carbocycles. The lowest BCUT2D eigenvalue weighted by Crippen LogP contribution is -1.96. The number of hydrogen-bond acceptors (Lipinski definition) is 2. The molecule has 0 aliphatic rings. The molecule has 0 unspecified atom stereocenters. The third-order valence-electron chi connectivity index (χ3n) is 2.70. The van der Waals surface area contributed by atoms with Crippen LogP contribution in [0.4, 0.5) is 0 Å². The molecule has 2 heteroatoms. The van der Waals surface area contributed by atoms with Gasteiger partial charge >= 0.3 is 0 Å². The van der Waals surface area contributed by atoms with Gasteiger partial charge in [0.25, 0.3) is 0 Å². The molecule has 0 bridgehead atoms. The van der Waals surface area contributed by atoms with Crippen molar-refractivity contribution in [2.45, 2.75) is 6.92 Å². The molecule has 94 valence electrons. The maximum atomic E-state index is 9.03. The molecule has 0 radical (unpaired) electrons. The molecule has 2 aromatic rings. The lowest BCUT2D eigenvalue weighted by Gasteiger charge is -2.05. The fourth-order valence-corrected chi connectivity index (χ4v) is 1.74. The van der Waals surface area contributed by atoms with E-state index < -0.39 is 0 Å². The lowest BCUT2D eigenvalue weighted by atomic mass is 10.1. The number of benzene rings is 2. The summed E-state index contributed by atoms with van der Waals surface area (Å²) in [6, 6.07) is 17.8. The summed E-state index contributed by atoms with van der Waals surface area (Å²) in [5.74, 6) is 0.630. The Labute approximate surface area is 113 Å². The third kappa shape index (κ3) is 3.72. The minimum absolute atomic E-state index is 0.451. The van der Waals surface area contributed by atoms with E-state index >= 15 is 0 Å². The fraction of sp³-hybridized carbons (Fsp3) is 0.118. The van der Waals surface area contributed by atoms with Crippen LogP contribution in [0.3, 0.4) is 0 Å². The first-order valence-electron chi connectivity index (χ1n) is 6.15. The van der Waals surface area contributed by atoms with Gasteiger partial charge in [-0.05, 0) is 36.3 Å². The Morgan fingerprint density at radius 3 is 2.68 bits per heavy atom. The Bertz CT molecular complexity index is 609. The van der Waals surface area contributed by atoms with E-state index in [1.54, 1.807) is 0 Å². The summed E-state index contributed by atoms with van der Waals surface area (Å²) in [5, 5.41) is 9.03. The van der Waals surface area contributed by atoms with Crippen molar-refractivity contribution in [3.63, 3.8) is 0 Å². The van der Waals surface area contributed by atoms with Crippen LogP contribution in [-0.2, 0) is 0 Å². The number of rotatable bonds is 4. The predicted octanol–water partition coefficient (Wildman–Crippen LogP) is 3.96. The molecular weight excluding hydrogens is 234 g/mol. The second kappa shape index (κ2) is 6.42. The molecule has 0 saturated carbocycles. The van der Waals surface area contributed by atoms with Gasteiger partial charge in [-0.15, -0.1) is 0 Å². The Kier molecular flexibility index (Phi) is 4.36. The van der Waals surface area contributed by atoms with Crippen molar-refractivity contribution in [3.05, 3.63) is 71.3 Å². The highest BCUT2D eigenvalue weighted by molar-refractivity contribution is 5.49. The number of nitriles is 1. The van der Waals surface area contributed by atoms with E-state index in [1.165, 1.54) is 0 Å². The Morgan fingerprint density at radius 1 is 1.16 bits per heavy atom. The van der Waals surface area contributed by atoms with Crippen LogP contribution < -0.4 is 4.74 Å². The second-order valence-corrected chi connectivity index (χ2v) is 4.24. The van der Waals surface area contributed by atoms with E-state index in [4.69, 9.17) is 10.00 Å². The quantitative estimate of drug-likeness (QED) is 0.821. The first-order chi connectivity index (χ1) is 9.29. The van der Waals surface area contributed by atoms with E-state index in [-0.39, 0.29) is 0 Å². The van der Waals surface area contributed by atoms with E-state index in [2.05, 4.69) is 6.07 Å². The van der Waals surface area contributed by atoms with Crippen molar-refractivity contribution in [2.24, 2.45) is 0 Å². The van der Waals surface area contributed by atoms with Crippen molar-refractivity contribution < 1.29 is 4.74 Å². The van der Waals surface area contributed by atoms with Crippen molar-refractivity contribution >= 4 is 6.08 Å². The summed E-state index contributed by atoms with van der Waals surface area (Å²) in [4.78, 5) is 0. The molecule has 0 saturated heterocycles. The summed E-state index contributed by atoms with van der Waals surface area (Å²) in [6.45, 7) is 2.41. The number of hydrogen-bond donors (Lipinski definition) is 0. The third-order valence-corrected chi connectivity index (χ3v) is 2.70. The summed E-state index contributed by atoms with van der Waals surface area (Å²) in [6.07, 6.45) is 3.94. The highest BCUT2D eigenvalue weighted by Crippen LogP contribution is 2.18. The zero-order valence-corrected chi connectivity index (χ0v) is 10.8. The molecule has 2 aromatic carbocycles. The van der Waals surface area contributed by atoms with Crippen molar-refractivity contribution in [1.29, 1.82) is 5.26 Å². The summed E-state index contributed by atoms with van der Waals surface area (Å²) >= 11 is 0. The zero-order chi connectivity index (χ0) is 13.5. The van der Waals surface area contributed by atoms with Crippen LogP contribution in [0, 0.1) is 18.3 Å². The van der Waals surface area contributed by atoms with Crippen molar-refractivity contribution in [3.8, 4) is 11.8 Å². The summed E-state index contributed by atoms with van der Waals surface area (Å²) in [5.41, 5.74) is 2.77. The van der Waals surface area contributed by atoms with Crippen LogP contribution in [0.5, 0.6) is 5.75 Å². The van der Waals surface area contributed by atoms with Gasteiger partial charge in [0, 0.05) is 0 Å². The van der Waals surface area contributed by atoms with Gasteiger partial charge in [-0.3, -0.25) is 0 Å². The molecule has 19 heavy (non-hydrogen) atoms. The van der Waals surface area contributed by atoms with Crippen LogP contribution in [0.2, 0.25) is 0 Å². The monoisotopic (exact) mass is 249 g/mol. The van der Waals surface area contributed by atoms with Crippen LogP contribution >= 0.6 is 0 Å². The number of nitrogens with zero attached hydrogens (tertiary/aromatic N) is 1. The Balaban J connectivity index is 1.97. The maximum Gasteiger partial charge on any atom is 0.137 e. The molecule has 0 amide bonds. The minimum Gasteiger partial charge on any atom is -0.488 e. The van der Waals surface area contributed by atoms with Gasteiger partial charge in [0.15, 0.2) is 0 Å². The van der Waals surface area contributed by atoms with Gasteiger partial charge in [-0.2, -0.15) is 5.26 Å². The van der Waals surface area contributed by atoms with E-state index in [9.17, 15) is 0 Å². The number of ether oxygens (including phenoxy) is 1. The molecule has 2 rings (SSSR count). The zero-order valence-electron chi connectivity index (χ0n) is 10.8. The van der Waals surface area contributed by atoms with E-state index in [1.807, 2.05) is 67.6 Å². The number of aryl methyl sites for hydroxylation is 1. The molecule has 0 heterocycles. The van der Waals surface area contributed by atoms with Crippen LogP contribution in [0.1, 0.15) is 16.7 Å². The highest BCUT2D eigenvalue weighted by atomic mass is 16.5.